The topological polar surface area (TPSA) is 113 Å². The summed E-state index contributed by atoms with van der Waals surface area (Å²) in [5.41, 5.74) is 4.68. The summed E-state index contributed by atoms with van der Waals surface area (Å²) in [4.78, 5) is 24.1. The van der Waals surface area contributed by atoms with E-state index in [0.29, 0.717) is 45.0 Å². The fraction of sp³-hybridized carbons (Fsp3) is 0.154. The van der Waals surface area contributed by atoms with Gasteiger partial charge in [0.25, 0.3) is 0 Å². The third-order valence-corrected chi connectivity index (χ3v) is 5.49. The van der Waals surface area contributed by atoms with Crippen LogP contribution >= 0.6 is 23.2 Å². The van der Waals surface area contributed by atoms with Crippen LogP contribution in [0.4, 0.5) is 5.69 Å². The van der Waals surface area contributed by atoms with Crippen LogP contribution in [0.15, 0.2) is 65.8 Å². The van der Waals surface area contributed by atoms with Crippen molar-refractivity contribution in [3.05, 3.63) is 87.4 Å². The average Bonchev–Trinajstić information content (AvgIpc) is 2.86. The van der Waals surface area contributed by atoms with Crippen LogP contribution in [0.5, 0.6) is 11.5 Å². The first kappa shape index (κ1) is 26.5. The molecule has 0 fully saturated rings. The lowest BCUT2D eigenvalue weighted by Gasteiger charge is -2.14. The minimum absolute atomic E-state index is 0.151. The zero-order chi connectivity index (χ0) is 25.9. The molecule has 0 aliphatic carbocycles. The Bertz CT molecular complexity index is 1280. The number of nitriles is 1. The molecule has 10 heteroatoms. The molecule has 3 aromatic carbocycles. The summed E-state index contributed by atoms with van der Waals surface area (Å²) >= 11 is 12.4. The lowest BCUT2D eigenvalue weighted by molar-refractivity contribution is -0.136. The summed E-state index contributed by atoms with van der Waals surface area (Å²) in [6.07, 6.45) is 1.64. The summed E-state index contributed by atoms with van der Waals surface area (Å²) in [6, 6.07) is 19.0. The quantitative estimate of drug-likeness (QED) is 0.229. The Kier molecular flexibility index (Phi) is 9.69. The van der Waals surface area contributed by atoms with Gasteiger partial charge < -0.3 is 14.8 Å². The molecule has 2 N–H and O–H groups in total. The Hall–Kier alpha value is -4.06. The molecule has 8 nitrogen and oxygen atoms in total. The molecule has 0 aromatic heterocycles. The first-order valence-corrected chi connectivity index (χ1v) is 11.6. The van der Waals surface area contributed by atoms with E-state index >= 15 is 0 Å². The molecule has 3 rings (SSSR count). The number of benzene rings is 3. The summed E-state index contributed by atoms with van der Waals surface area (Å²) in [5, 5.41) is 16.0. The molecule has 0 saturated carbocycles. The molecule has 0 bridgehead atoms. The summed E-state index contributed by atoms with van der Waals surface area (Å²) in [6.45, 7) is 2.39. The Morgan fingerprint density at radius 3 is 2.39 bits per heavy atom. The number of carbonyl (C=O) groups excluding carboxylic acids is 2. The lowest BCUT2D eigenvalue weighted by atomic mass is 10.1. The van der Waals surface area contributed by atoms with Crippen LogP contribution in [0.2, 0.25) is 10.0 Å². The molecule has 184 valence electrons. The Labute approximate surface area is 218 Å². The van der Waals surface area contributed by atoms with Crippen LogP contribution in [0.1, 0.15) is 23.6 Å². The normalized spacial score (nSPS) is 10.5. The maximum absolute atomic E-state index is 12.1. The minimum Gasteiger partial charge on any atom is -0.490 e. The van der Waals surface area contributed by atoms with Crippen molar-refractivity contribution in [2.45, 2.75) is 20.0 Å². The number of ether oxygens (including phenoxy) is 2. The Morgan fingerprint density at radius 2 is 1.72 bits per heavy atom. The maximum Gasteiger partial charge on any atom is 0.329 e. The van der Waals surface area contributed by atoms with Gasteiger partial charge in [0, 0.05) is 21.3 Å². The van der Waals surface area contributed by atoms with Gasteiger partial charge in [-0.05, 0) is 60.5 Å². The molecule has 2 amide bonds. The van der Waals surface area contributed by atoms with E-state index in [1.54, 1.807) is 60.7 Å². The standard InChI is InChI=1S/C26H22Cl2N4O4/c1-2-35-24-14-18(8-11-23(24)36-16-20-21(27)4-3-5-22(20)28)15-30-32-26(34)25(33)31-19-9-6-17(7-10-19)12-13-29/h3-11,14-15H,2,12,16H2,1H3,(H,31,33)(H,32,34)/b30-15+. The SMILES string of the molecule is CCOc1cc(/C=N/NC(=O)C(=O)Nc2ccc(CC#N)cc2)ccc1OCc1c(Cl)cccc1Cl. The van der Waals surface area contributed by atoms with E-state index in [1.165, 1.54) is 6.21 Å². The highest BCUT2D eigenvalue weighted by Gasteiger charge is 2.13. The predicted molar refractivity (Wildman–Crippen MR) is 139 cm³/mol. The Morgan fingerprint density at radius 1 is 1.00 bits per heavy atom. The van der Waals surface area contributed by atoms with E-state index in [9.17, 15) is 9.59 Å². The van der Waals surface area contributed by atoms with E-state index < -0.39 is 11.8 Å². The number of hydrogen-bond acceptors (Lipinski definition) is 6. The second-order valence-corrected chi connectivity index (χ2v) is 8.13. The fourth-order valence-electron chi connectivity index (χ4n) is 3.01. The van der Waals surface area contributed by atoms with Crippen molar-refractivity contribution in [1.82, 2.24) is 5.43 Å². The molecule has 0 spiro atoms. The number of carbonyl (C=O) groups is 2. The summed E-state index contributed by atoms with van der Waals surface area (Å²) < 4.78 is 11.5. The minimum atomic E-state index is -0.936. The van der Waals surface area contributed by atoms with Gasteiger partial charge in [0.15, 0.2) is 11.5 Å². The predicted octanol–water partition coefficient (Wildman–Crippen LogP) is 5.13. The zero-order valence-electron chi connectivity index (χ0n) is 19.3. The number of rotatable bonds is 9. The molecule has 36 heavy (non-hydrogen) atoms. The molecule has 3 aromatic rings. The molecule has 0 aliphatic rings. The van der Waals surface area contributed by atoms with Crippen LogP contribution < -0.4 is 20.2 Å². The van der Waals surface area contributed by atoms with Gasteiger partial charge in [0.2, 0.25) is 0 Å². The molecule has 0 atom stereocenters. The van der Waals surface area contributed by atoms with Gasteiger partial charge in [0.1, 0.15) is 6.61 Å². The third-order valence-electron chi connectivity index (χ3n) is 4.78. The van der Waals surface area contributed by atoms with Crippen molar-refractivity contribution in [3.8, 4) is 17.6 Å². The molecule has 0 saturated heterocycles. The van der Waals surface area contributed by atoms with Crippen molar-refractivity contribution >= 4 is 46.9 Å². The largest absolute Gasteiger partial charge is 0.490 e. The van der Waals surface area contributed by atoms with Crippen molar-refractivity contribution < 1.29 is 19.1 Å². The van der Waals surface area contributed by atoms with Crippen LogP contribution in [0.3, 0.4) is 0 Å². The third kappa shape index (κ3) is 7.47. The van der Waals surface area contributed by atoms with Crippen molar-refractivity contribution in [2.24, 2.45) is 5.10 Å². The monoisotopic (exact) mass is 524 g/mol. The van der Waals surface area contributed by atoms with E-state index in [-0.39, 0.29) is 13.0 Å². The first-order valence-electron chi connectivity index (χ1n) is 10.8. The highest BCUT2D eigenvalue weighted by atomic mass is 35.5. The number of hydrogen-bond donors (Lipinski definition) is 2. The van der Waals surface area contributed by atoms with Gasteiger partial charge in [-0.2, -0.15) is 10.4 Å². The summed E-state index contributed by atoms with van der Waals surface area (Å²) in [7, 11) is 0. The Balaban J connectivity index is 1.59. The zero-order valence-corrected chi connectivity index (χ0v) is 20.8. The first-order chi connectivity index (χ1) is 17.4. The average molecular weight is 525 g/mol. The van der Waals surface area contributed by atoms with Gasteiger partial charge in [-0.3, -0.25) is 9.59 Å². The van der Waals surface area contributed by atoms with Gasteiger partial charge in [-0.15, -0.1) is 0 Å². The van der Waals surface area contributed by atoms with Gasteiger partial charge in [-0.25, -0.2) is 5.43 Å². The van der Waals surface area contributed by atoms with Crippen molar-refractivity contribution in [3.63, 3.8) is 0 Å². The number of nitrogens with one attached hydrogen (secondary N) is 2. The van der Waals surface area contributed by atoms with Crippen molar-refractivity contribution in [2.75, 3.05) is 11.9 Å². The van der Waals surface area contributed by atoms with Crippen LogP contribution in [-0.2, 0) is 22.6 Å². The molecule has 0 aliphatic heterocycles. The van der Waals surface area contributed by atoms with Crippen LogP contribution in [0, 0.1) is 11.3 Å². The van der Waals surface area contributed by atoms with Gasteiger partial charge >= 0.3 is 11.8 Å². The van der Waals surface area contributed by atoms with E-state index in [0.717, 1.165) is 5.56 Å². The van der Waals surface area contributed by atoms with Crippen LogP contribution in [-0.4, -0.2) is 24.6 Å². The molecular formula is C26H22Cl2N4O4. The number of hydrazone groups is 1. The second-order valence-electron chi connectivity index (χ2n) is 7.31. The van der Waals surface area contributed by atoms with Gasteiger partial charge in [0.05, 0.1) is 25.3 Å². The summed E-state index contributed by atoms with van der Waals surface area (Å²) in [5.74, 6) is -0.867. The van der Waals surface area contributed by atoms with E-state index in [1.807, 2.05) is 13.0 Å². The highest BCUT2D eigenvalue weighted by molar-refractivity contribution is 6.39. The van der Waals surface area contributed by atoms with Crippen molar-refractivity contribution in [1.29, 1.82) is 5.26 Å². The van der Waals surface area contributed by atoms with E-state index in [2.05, 4.69) is 15.8 Å². The molecule has 0 unspecified atom stereocenters. The molecule has 0 heterocycles. The number of amides is 2. The van der Waals surface area contributed by atoms with E-state index in [4.69, 9.17) is 37.9 Å². The number of halogens is 2. The molecule has 0 radical (unpaired) electrons. The smallest absolute Gasteiger partial charge is 0.329 e. The van der Waals surface area contributed by atoms with Gasteiger partial charge in [-0.1, -0.05) is 41.4 Å². The fourth-order valence-corrected chi connectivity index (χ4v) is 3.52. The number of anilines is 1. The van der Waals surface area contributed by atoms with Crippen LogP contribution in [0.25, 0.3) is 0 Å². The maximum atomic E-state index is 12.1. The lowest BCUT2D eigenvalue weighted by Crippen LogP contribution is -2.32. The highest BCUT2D eigenvalue weighted by Crippen LogP contribution is 2.31. The molecular weight excluding hydrogens is 503 g/mol. The second kappa shape index (κ2) is 13.1. The number of nitrogens with zero attached hydrogens (tertiary/aromatic N) is 2.